The van der Waals surface area contributed by atoms with E-state index in [0.717, 1.165) is 11.1 Å². The maximum Gasteiger partial charge on any atom is 0.319 e. The van der Waals surface area contributed by atoms with Gasteiger partial charge < -0.3 is 25.2 Å². The Balaban J connectivity index is 1.81. The van der Waals surface area contributed by atoms with E-state index < -0.39 is 0 Å². The second kappa shape index (κ2) is 11.5. The molecule has 0 aliphatic carbocycles. The van der Waals surface area contributed by atoms with Crippen LogP contribution in [0.2, 0.25) is 0 Å². The highest BCUT2D eigenvalue weighted by Gasteiger charge is 2.10. The van der Waals surface area contributed by atoms with Crippen molar-refractivity contribution < 1.29 is 19.4 Å². The Hall–Kier alpha value is -4.16. The van der Waals surface area contributed by atoms with Crippen LogP contribution in [0.15, 0.2) is 48.7 Å². The van der Waals surface area contributed by atoms with Gasteiger partial charge in [-0.2, -0.15) is 5.26 Å². The Kier molecular flexibility index (Phi) is 8.16. The van der Waals surface area contributed by atoms with Crippen molar-refractivity contribution in [2.45, 2.75) is 12.8 Å². The average molecular weight is 447 g/mol. The van der Waals surface area contributed by atoms with Gasteiger partial charge in [0.05, 0.1) is 25.5 Å². The number of aromatic nitrogens is 2. The summed E-state index contributed by atoms with van der Waals surface area (Å²) in [5, 5.41) is 23.6. The number of rotatable bonds is 9. The Bertz CT molecular complexity index is 1160. The lowest BCUT2D eigenvalue weighted by Crippen LogP contribution is -2.29. The van der Waals surface area contributed by atoms with Crippen molar-refractivity contribution in [3.05, 3.63) is 65.6 Å². The molecule has 0 bridgehead atoms. The van der Waals surface area contributed by atoms with Crippen LogP contribution in [0.5, 0.6) is 11.5 Å². The molecule has 0 saturated heterocycles. The van der Waals surface area contributed by atoms with E-state index in [1.807, 2.05) is 18.2 Å². The van der Waals surface area contributed by atoms with Gasteiger partial charge in [0.25, 0.3) is 0 Å². The number of benzene rings is 2. The Labute approximate surface area is 192 Å². The van der Waals surface area contributed by atoms with Gasteiger partial charge >= 0.3 is 6.03 Å². The zero-order chi connectivity index (χ0) is 23.6. The number of aliphatic hydroxyl groups is 1. The Morgan fingerprint density at radius 2 is 2.00 bits per heavy atom. The summed E-state index contributed by atoms with van der Waals surface area (Å²) in [5.41, 5.74) is 3.31. The number of carbonyl (C=O) groups excluding carboxylic acids is 1. The molecule has 1 aromatic heterocycles. The minimum absolute atomic E-state index is 0.0109. The molecule has 0 unspecified atom stereocenters. The maximum absolute atomic E-state index is 12.1. The van der Waals surface area contributed by atoms with Crippen LogP contribution >= 0.6 is 0 Å². The Morgan fingerprint density at radius 3 is 2.73 bits per heavy atom. The topological polar surface area (TPSA) is 129 Å². The molecule has 9 heteroatoms. The van der Waals surface area contributed by atoms with Gasteiger partial charge in [-0.05, 0) is 48.4 Å². The number of nitrogens with zero attached hydrogens (tertiary/aromatic N) is 3. The van der Waals surface area contributed by atoms with Crippen LogP contribution in [-0.4, -0.2) is 48.5 Å². The van der Waals surface area contributed by atoms with Crippen LogP contribution in [0.25, 0.3) is 11.3 Å². The first-order valence-corrected chi connectivity index (χ1v) is 10.3. The number of methoxy groups -OCH3 is 2. The van der Waals surface area contributed by atoms with E-state index in [-0.39, 0.29) is 12.6 Å². The van der Waals surface area contributed by atoms with Crippen molar-refractivity contribution in [3.8, 4) is 28.8 Å². The van der Waals surface area contributed by atoms with Crippen LogP contribution in [0.3, 0.4) is 0 Å². The number of nitriles is 1. The summed E-state index contributed by atoms with van der Waals surface area (Å²) in [6.07, 6.45) is 2.56. The van der Waals surface area contributed by atoms with E-state index in [1.54, 1.807) is 37.6 Å². The smallest absolute Gasteiger partial charge is 0.319 e. The fraction of sp³-hybridized carbons (Fsp3) is 0.250. The third-order valence-corrected chi connectivity index (χ3v) is 4.76. The summed E-state index contributed by atoms with van der Waals surface area (Å²) in [5.74, 6) is 1.67. The fourth-order valence-corrected chi connectivity index (χ4v) is 3.19. The minimum Gasteiger partial charge on any atom is -0.497 e. The molecule has 1 heterocycles. The highest BCUT2D eigenvalue weighted by molar-refractivity contribution is 5.89. The summed E-state index contributed by atoms with van der Waals surface area (Å²) in [4.78, 5) is 21.1. The van der Waals surface area contributed by atoms with Crippen LogP contribution < -0.4 is 20.1 Å². The van der Waals surface area contributed by atoms with Crippen molar-refractivity contribution in [1.82, 2.24) is 15.3 Å². The number of hydrogen-bond acceptors (Lipinski definition) is 7. The first-order valence-electron chi connectivity index (χ1n) is 10.3. The molecule has 0 spiro atoms. The van der Waals surface area contributed by atoms with Crippen molar-refractivity contribution >= 4 is 11.7 Å². The summed E-state index contributed by atoms with van der Waals surface area (Å²) in [7, 11) is 3.08. The molecule has 3 N–H and O–H groups in total. The van der Waals surface area contributed by atoms with Gasteiger partial charge in [-0.25, -0.2) is 14.8 Å². The van der Waals surface area contributed by atoms with Gasteiger partial charge in [0, 0.05) is 43.1 Å². The van der Waals surface area contributed by atoms with Crippen molar-refractivity contribution in [1.29, 1.82) is 5.26 Å². The van der Waals surface area contributed by atoms with Crippen LogP contribution in [0.4, 0.5) is 10.5 Å². The van der Waals surface area contributed by atoms with E-state index in [1.165, 1.54) is 7.11 Å². The molecular weight excluding hydrogens is 422 g/mol. The van der Waals surface area contributed by atoms with Gasteiger partial charge in [0.2, 0.25) is 0 Å². The monoisotopic (exact) mass is 447 g/mol. The number of anilines is 1. The fourth-order valence-electron chi connectivity index (χ4n) is 3.19. The van der Waals surface area contributed by atoms with Crippen molar-refractivity contribution in [3.63, 3.8) is 0 Å². The zero-order valence-corrected chi connectivity index (χ0v) is 18.5. The minimum atomic E-state index is -0.367. The summed E-state index contributed by atoms with van der Waals surface area (Å²) < 4.78 is 10.6. The van der Waals surface area contributed by atoms with Gasteiger partial charge in [-0.3, -0.25) is 0 Å². The molecule has 9 nitrogen and oxygen atoms in total. The van der Waals surface area contributed by atoms with Gasteiger partial charge in [-0.15, -0.1) is 0 Å². The van der Waals surface area contributed by atoms with Gasteiger partial charge in [-0.1, -0.05) is 0 Å². The summed E-state index contributed by atoms with van der Waals surface area (Å²) >= 11 is 0. The quantitative estimate of drug-likeness (QED) is 0.430. The van der Waals surface area contributed by atoms with Crippen molar-refractivity contribution in [2.75, 3.05) is 32.7 Å². The predicted molar refractivity (Wildman–Crippen MR) is 123 cm³/mol. The van der Waals surface area contributed by atoms with Gasteiger partial charge in [0.15, 0.2) is 0 Å². The molecule has 0 atom stereocenters. The SMILES string of the molecule is COc1cc(Cc2nccc(-c3ccc(OC)c(C#N)c3)n2)cc(NC(=O)NCCCO)c1. The highest BCUT2D eigenvalue weighted by atomic mass is 16.5. The molecule has 0 aliphatic rings. The van der Waals surface area contributed by atoms with E-state index in [2.05, 4.69) is 26.7 Å². The lowest BCUT2D eigenvalue weighted by atomic mass is 10.1. The van der Waals surface area contributed by atoms with E-state index in [0.29, 0.717) is 53.7 Å². The molecule has 0 radical (unpaired) electrons. The lowest BCUT2D eigenvalue weighted by Gasteiger charge is -2.11. The van der Waals surface area contributed by atoms with Crippen LogP contribution in [0.1, 0.15) is 23.4 Å². The Morgan fingerprint density at radius 1 is 1.15 bits per heavy atom. The highest BCUT2D eigenvalue weighted by Crippen LogP contribution is 2.26. The standard InChI is InChI=1S/C24H25N5O4/c1-32-20-11-16(10-19(14-20)28-24(31)27-7-3-9-30)12-23-26-8-6-21(29-23)17-4-5-22(33-2)18(13-17)15-25/h4-6,8,10-11,13-14,30H,3,7,9,12H2,1-2H3,(H2,27,28,31). The number of aliphatic hydroxyl groups excluding tert-OH is 1. The molecular formula is C24H25N5O4. The molecule has 2 amide bonds. The third kappa shape index (κ3) is 6.41. The molecule has 2 aromatic carbocycles. The summed E-state index contributed by atoms with van der Waals surface area (Å²) in [6.45, 7) is 0.385. The van der Waals surface area contributed by atoms with E-state index >= 15 is 0 Å². The lowest BCUT2D eigenvalue weighted by molar-refractivity contribution is 0.249. The normalized spacial score (nSPS) is 10.2. The van der Waals surface area contributed by atoms with Gasteiger partial charge in [0.1, 0.15) is 23.4 Å². The molecule has 3 aromatic rings. The maximum atomic E-state index is 12.1. The van der Waals surface area contributed by atoms with Crippen LogP contribution in [0, 0.1) is 11.3 Å². The number of carbonyl (C=O) groups is 1. The number of urea groups is 1. The largest absolute Gasteiger partial charge is 0.497 e. The second-order valence-electron chi connectivity index (χ2n) is 7.09. The molecule has 170 valence electrons. The average Bonchev–Trinajstić information content (AvgIpc) is 2.83. The number of hydrogen-bond donors (Lipinski definition) is 3. The van der Waals surface area contributed by atoms with Crippen LogP contribution in [-0.2, 0) is 6.42 Å². The predicted octanol–water partition coefficient (Wildman–Crippen LogP) is 3.13. The molecule has 0 fully saturated rings. The number of ether oxygens (including phenoxy) is 2. The molecule has 3 rings (SSSR count). The first-order chi connectivity index (χ1) is 16.1. The molecule has 0 aliphatic heterocycles. The second-order valence-corrected chi connectivity index (χ2v) is 7.09. The van der Waals surface area contributed by atoms with Crippen molar-refractivity contribution in [2.24, 2.45) is 0 Å². The third-order valence-electron chi connectivity index (χ3n) is 4.76. The van der Waals surface area contributed by atoms with E-state index in [9.17, 15) is 10.1 Å². The zero-order valence-electron chi connectivity index (χ0n) is 18.5. The first kappa shape index (κ1) is 23.5. The summed E-state index contributed by atoms with van der Waals surface area (Å²) in [6, 6.07) is 14.2. The molecule has 33 heavy (non-hydrogen) atoms. The number of amides is 2. The molecule has 0 saturated carbocycles. The number of nitrogens with one attached hydrogen (secondary N) is 2. The van der Waals surface area contributed by atoms with E-state index in [4.69, 9.17) is 14.6 Å².